The first-order valence-electron chi connectivity index (χ1n) is 8.49. The molecule has 0 saturated carbocycles. The van der Waals surface area contributed by atoms with Gasteiger partial charge in [-0.25, -0.2) is 4.79 Å². The van der Waals surface area contributed by atoms with Crippen molar-refractivity contribution in [1.29, 1.82) is 0 Å². The van der Waals surface area contributed by atoms with Crippen LogP contribution in [0.5, 0.6) is 23.0 Å². The molecule has 0 spiro atoms. The zero-order valence-electron chi connectivity index (χ0n) is 13.7. The minimum atomic E-state index is -0.269. The van der Waals surface area contributed by atoms with Crippen molar-refractivity contribution in [3.63, 3.8) is 0 Å². The second-order valence-electron chi connectivity index (χ2n) is 6.69. The predicted molar refractivity (Wildman–Crippen MR) is 88.7 cm³/mol. The normalized spacial score (nSPS) is 21.5. The maximum absolute atomic E-state index is 12.5. The van der Waals surface area contributed by atoms with Gasteiger partial charge in [0.05, 0.1) is 5.57 Å². The molecule has 0 radical (unpaired) electrons. The Labute approximate surface area is 148 Å². The molecule has 0 N–H and O–H groups in total. The lowest BCUT2D eigenvalue weighted by molar-refractivity contribution is -0.136. The van der Waals surface area contributed by atoms with Gasteiger partial charge in [0.25, 0.3) is 0 Å². The molecular weight excluding hydrogens is 336 g/mol. The van der Waals surface area contributed by atoms with Crippen LogP contribution in [0.1, 0.15) is 22.6 Å². The van der Waals surface area contributed by atoms with E-state index in [0.29, 0.717) is 35.8 Å². The minimum absolute atomic E-state index is 0.190. The van der Waals surface area contributed by atoms with Gasteiger partial charge in [0.2, 0.25) is 13.6 Å². The molecule has 0 saturated heterocycles. The van der Waals surface area contributed by atoms with E-state index in [1.54, 1.807) is 0 Å². The lowest BCUT2D eigenvalue weighted by Gasteiger charge is -2.27. The maximum Gasteiger partial charge on any atom is 0.335 e. The first kappa shape index (κ1) is 14.1. The molecule has 0 aromatic heterocycles. The van der Waals surface area contributed by atoms with E-state index in [9.17, 15) is 4.79 Å². The summed E-state index contributed by atoms with van der Waals surface area (Å²) in [5.41, 5.74) is 4.81. The highest BCUT2D eigenvalue weighted by Crippen LogP contribution is 2.52. The van der Waals surface area contributed by atoms with E-state index in [4.69, 9.17) is 23.7 Å². The van der Waals surface area contributed by atoms with Crippen molar-refractivity contribution in [2.45, 2.75) is 12.3 Å². The molecule has 4 aliphatic rings. The summed E-state index contributed by atoms with van der Waals surface area (Å²) in [7, 11) is 0. The molecule has 0 fully saturated rings. The van der Waals surface area contributed by atoms with Crippen LogP contribution >= 0.6 is 0 Å². The number of fused-ring (bicyclic) bond motifs is 4. The highest BCUT2D eigenvalue weighted by molar-refractivity contribution is 5.96. The standard InChI is InChI=1S/C20H14O6/c21-20-18-12(7-22-20)5-10-2-4-14-19(26-9-24-14)17(10)16(18)11-1-3-13-15(6-11)25-8-23-13/h1-4,6,16H,5,7-9H2. The Hall–Kier alpha value is -3.15. The second-order valence-corrected chi connectivity index (χ2v) is 6.69. The van der Waals surface area contributed by atoms with Crippen LogP contribution in [0.3, 0.4) is 0 Å². The fourth-order valence-corrected chi connectivity index (χ4v) is 4.23. The first-order chi connectivity index (χ1) is 12.8. The topological polar surface area (TPSA) is 63.2 Å². The van der Waals surface area contributed by atoms with Crippen LogP contribution in [-0.4, -0.2) is 26.2 Å². The number of cyclic esters (lactones) is 1. The van der Waals surface area contributed by atoms with Gasteiger partial charge in [-0.1, -0.05) is 12.1 Å². The maximum atomic E-state index is 12.5. The number of hydrogen-bond acceptors (Lipinski definition) is 6. The summed E-state index contributed by atoms with van der Waals surface area (Å²) >= 11 is 0. The van der Waals surface area contributed by atoms with Gasteiger partial charge in [0.15, 0.2) is 23.0 Å². The third-order valence-corrected chi connectivity index (χ3v) is 5.36. The van der Waals surface area contributed by atoms with E-state index in [0.717, 1.165) is 28.0 Å². The Morgan fingerprint density at radius 2 is 1.65 bits per heavy atom. The van der Waals surface area contributed by atoms with Gasteiger partial charge >= 0.3 is 5.97 Å². The Kier molecular flexibility index (Phi) is 2.67. The van der Waals surface area contributed by atoms with Gasteiger partial charge < -0.3 is 23.7 Å². The quantitative estimate of drug-likeness (QED) is 0.737. The Bertz CT molecular complexity index is 1010. The van der Waals surface area contributed by atoms with E-state index in [1.165, 1.54) is 0 Å². The second kappa shape index (κ2) is 4.94. The molecule has 3 aliphatic heterocycles. The van der Waals surface area contributed by atoms with Gasteiger partial charge in [-0.15, -0.1) is 0 Å². The number of ether oxygens (including phenoxy) is 5. The van der Waals surface area contributed by atoms with Crippen LogP contribution < -0.4 is 18.9 Å². The lowest BCUT2D eigenvalue weighted by Crippen LogP contribution is -2.18. The van der Waals surface area contributed by atoms with E-state index in [-0.39, 0.29) is 25.5 Å². The molecule has 2 aromatic carbocycles. The highest BCUT2D eigenvalue weighted by Gasteiger charge is 2.41. The van der Waals surface area contributed by atoms with Crippen LogP contribution in [0.15, 0.2) is 41.5 Å². The van der Waals surface area contributed by atoms with Crippen molar-refractivity contribution in [2.75, 3.05) is 20.2 Å². The molecule has 26 heavy (non-hydrogen) atoms. The summed E-state index contributed by atoms with van der Waals surface area (Å²) < 4.78 is 27.6. The predicted octanol–water partition coefficient (Wildman–Crippen LogP) is 2.69. The summed E-state index contributed by atoms with van der Waals surface area (Å²) in [5.74, 6) is 2.31. The average molecular weight is 350 g/mol. The molecule has 6 rings (SSSR count). The monoisotopic (exact) mass is 350 g/mol. The molecule has 2 aromatic rings. The molecule has 1 unspecified atom stereocenters. The smallest absolute Gasteiger partial charge is 0.335 e. The molecule has 1 atom stereocenters. The van der Waals surface area contributed by atoms with E-state index < -0.39 is 0 Å². The zero-order valence-corrected chi connectivity index (χ0v) is 13.7. The van der Waals surface area contributed by atoms with E-state index >= 15 is 0 Å². The summed E-state index contributed by atoms with van der Waals surface area (Å²) in [6.07, 6.45) is 0.689. The van der Waals surface area contributed by atoms with Crippen molar-refractivity contribution in [1.82, 2.24) is 0 Å². The van der Waals surface area contributed by atoms with Crippen LogP contribution in [0.2, 0.25) is 0 Å². The molecule has 3 heterocycles. The van der Waals surface area contributed by atoms with Crippen LogP contribution in [0.25, 0.3) is 0 Å². The van der Waals surface area contributed by atoms with Gasteiger partial charge in [0, 0.05) is 11.5 Å². The SMILES string of the molecule is O=C1OCC2=C1C(c1ccc3c(c1)OCO3)c1c(ccc3c1OCO3)C2. The zero-order chi connectivity index (χ0) is 17.3. The summed E-state index contributed by atoms with van der Waals surface area (Å²) in [6, 6.07) is 9.77. The fourth-order valence-electron chi connectivity index (χ4n) is 4.23. The van der Waals surface area contributed by atoms with Crippen molar-refractivity contribution < 1.29 is 28.5 Å². The fraction of sp³-hybridized carbons (Fsp3) is 0.250. The first-order valence-corrected chi connectivity index (χ1v) is 8.49. The number of esters is 1. The van der Waals surface area contributed by atoms with E-state index in [2.05, 4.69) is 6.07 Å². The summed E-state index contributed by atoms with van der Waals surface area (Å²) in [6.45, 7) is 0.751. The number of hydrogen-bond donors (Lipinski definition) is 0. The third kappa shape index (κ3) is 1.78. The third-order valence-electron chi connectivity index (χ3n) is 5.36. The molecule has 130 valence electrons. The molecule has 6 nitrogen and oxygen atoms in total. The van der Waals surface area contributed by atoms with E-state index in [1.807, 2.05) is 24.3 Å². The molecule has 1 aliphatic carbocycles. The van der Waals surface area contributed by atoms with Crippen LogP contribution in [0, 0.1) is 0 Å². The van der Waals surface area contributed by atoms with Crippen LogP contribution in [0.4, 0.5) is 0 Å². The van der Waals surface area contributed by atoms with Gasteiger partial charge in [-0.05, 0) is 41.3 Å². The Morgan fingerprint density at radius 1 is 0.846 bits per heavy atom. The van der Waals surface area contributed by atoms with Gasteiger partial charge in [-0.2, -0.15) is 0 Å². The van der Waals surface area contributed by atoms with Crippen molar-refractivity contribution in [2.24, 2.45) is 0 Å². The van der Waals surface area contributed by atoms with Crippen molar-refractivity contribution in [3.8, 4) is 23.0 Å². The molecule has 6 heteroatoms. The summed E-state index contributed by atoms with van der Waals surface area (Å²) in [5, 5.41) is 0. The van der Waals surface area contributed by atoms with Gasteiger partial charge in [-0.3, -0.25) is 0 Å². The van der Waals surface area contributed by atoms with Crippen molar-refractivity contribution in [3.05, 3.63) is 58.2 Å². The van der Waals surface area contributed by atoms with Gasteiger partial charge in [0.1, 0.15) is 6.61 Å². The molecular formula is C20H14O6. The highest BCUT2D eigenvalue weighted by atomic mass is 16.7. The molecule has 0 amide bonds. The Balaban J connectivity index is 1.60. The number of rotatable bonds is 1. The number of carbonyl (C=O) groups is 1. The number of carbonyl (C=O) groups excluding carboxylic acids is 1. The largest absolute Gasteiger partial charge is 0.458 e. The molecule has 0 bridgehead atoms. The minimum Gasteiger partial charge on any atom is -0.458 e. The van der Waals surface area contributed by atoms with Crippen molar-refractivity contribution >= 4 is 5.97 Å². The lowest BCUT2D eigenvalue weighted by atomic mass is 9.75. The van der Waals surface area contributed by atoms with Crippen LogP contribution in [-0.2, 0) is 16.0 Å². The number of benzene rings is 2. The summed E-state index contributed by atoms with van der Waals surface area (Å²) in [4.78, 5) is 12.5. The Morgan fingerprint density at radius 3 is 2.62 bits per heavy atom. The average Bonchev–Trinajstić information content (AvgIpc) is 3.39.